The van der Waals surface area contributed by atoms with Crippen molar-refractivity contribution in [3.8, 4) is 0 Å². The number of benzene rings is 1. The molecule has 4 rings (SSSR count). The van der Waals surface area contributed by atoms with Crippen molar-refractivity contribution in [2.24, 2.45) is 7.05 Å². The fourth-order valence-corrected chi connectivity index (χ4v) is 3.58. The van der Waals surface area contributed by atoms with Crippen molar-refractivity contribution in [3.05, 3.63) is 48.0 Å². The Kier molecular flexibility index (Phi) is 3.99. The molecule has 26 heavy (non-hydrogen) atoms. The maximum Gasteiger partial charge on any atom is 0.272 e. The zero-order valence-electron chi connectivity index (χ0n) is 14.4. The summed E-state index contributed by atoms with van der Waals surface area (Å²) in [7, 11) is 1.73. The van der Waals surface area contributed by atoms with E-state index in [1.807, 2.05) is 0 Å². The van der Waals surface area contributed by atoms with Crippen LogP contribution in [0.25, 0.3) is 0 Å². The van der Waals surface area contributed by atoms with Gasteiger partial charge in [-0.25, -0.2) is 4.39 Å². The summed E-state index contributed by atoms with van der Waals surface area (Å²) in [5.41, 5.74) is 0.552. The van der Waals surface area contributed by atoms with Crippen molar-refractivity contribution < 1.29 is 18.7 Å². The predicted octanol–water partition coefficient (Wildman–Crippen LogP) is 1.21. The fraction of sp³-hybridized carbons (Fsp3) is 0.389. The summed E-state index contributed by atoms with van der Waals surface area (Å²) in [5.74, 6) is -0.618. The molecule has 0 aliphatic carbocycles. The Hall–Kier alpha value is -2.74. The molecule has 136 valence electrons. The SMILES string of the molecule is Cn1nccc1C(=O)N1CCC2(C1)CN(c1ccc(F)cc1)C(=O)CO2. The van der Waals surface area contributed by atoms with Crippen LogP contribution in [-0.2, 0) is 16.6 Å². The van der Waals surface area contributed by atoms with Crippen molar-refractivity contribution in [1.82, 2.24) is 14.7 Å². The second kappa shape index (κ2) is 6.21. The number of hydrogen-bond acceptors (Lipinski definition) is 4. The van der Waals surface area contributed by atoms with Gasteiger partial charge in [-0.15, -0.1) is 0 Å². The lowest BCUT2D eigenvalue weighted by Crippen LogP contribution is -2.56. The van der Waals surface area contributed by atoms with Crippen LogP contribution in [0, 0.1) is 5.82 Å². The van der Waals surface area contributed by atoms with Crippen LogP contribution in [-0.4, -0.2) is 58.3 Å². The van der Waals surface area contributed by atoms with E-state index in [4.69, 9.17) is 4.74 Å². The van der Waals surface area contributed by atoms with Gasteiger partial charge in [-0.3, -0.25) is 14.3 Å². The van der Waals surface area contributed by atoms with Gasteiger partial charge in [0.15, 0.2) is 0 Å². The van der Waals surface area contributed by atoms with Gasteiger partial charge in [0.1, 0.15) is 23.7 Å². The first-order valence-electron chi connectivity index (χ1n) is 8.45. The Bertz CT molecular complexity index is 850. The van der Waals surface area contributed by atoms with Crippen LogP contribution in [0.15, 0.2) is 36.5 Å². The molecule has 3 heterocycles. The first-order valence-corrected chi connectivity index (χ1v) is 8.45. The number of halogens is 1. The second-order valence-electron chi connectivity index (χ2n) is 6.74. The lowest BCUT2D eigenvalue weighted by molar-refractivity contribution is -0.137. The highest BCUT2D eigenvalue weighted by Crippen LogP contribution is 2.32. The summed E-state index contributed by atoms with van der Waals surface area (Å²) < 4.78 is 20.6. The van der Waals surface area contributed by atoms with E-state index in [0.29, 0.717) is 37.4 Å². The van der Waals surface area contributed by atoms with Gasteiger partial charge in [0, 0.05) is 25.5 Å². The molecule has 1 unspecified atom stereocenters. The van der Waals surface area contributed by atoms with E-state index in [0.717, 1.165) is 0 Å². The van der Waals surface area contributed by atoms with Crippen LogP contribution in [0.3, 0.4) is 0 Å². The second-order valence-corrected chi connectivity index (χ2v) is 6.74. The highest BCUT2D eigenvalue weighted by Gasteiger charge is 2.47. The third-order valence-electron chi connectivity index (χ3n) is 5.03. The number of hydrogen-bond donors (Lipinski definition) is 0. The number of ether oxygens (including phenoxy) is 1. The molecule has 1 aromatic heterocycles. The van der Waals surface area contributed by atoms with Crippen LogP contribution in [0.5, 0.6) is 0 Å². The molecule has 0 radical (unpaired) electrons. The topological polar surface area (TPSA) is 67.7 Å². The minimum Gasteiger partial charge on any atom is -0.361 e. The van der Waals surface area contributed by atoms with Crippen LogP contribution >= 0.6 is 0 Å². The number of carbonyl (C=O) groups excluding carboxylic acids is 2. The van der Waals surface area contributed by atoms with Gasteiger partial charge < -0.3 is 14.5 Å². The Morgan fingerprint density at radius 3 is 2.69 bits per heavy atom. The molecule has 0 saturated carbocycles. The molecule has 2 aliphatic rings. The molecule has 1 spiro atoms. The van der Waals surface area contributed by atoms with Gasteiger partial charge in [0.25, 0.3) is 11.8 Å². The van der Waals surface area contributed by atoms with E-state index >= 15 is 0 Å². The first kappa shape index (κ1) is 16.7. The molecule has 2 saturated heterocycles. The van der Waals surface area contributed by atoms with E-state index < -0.39 is 5.60 Å². The highest BCUT2D eigenvalue weighted by atomic mass is 19.1. The van der Waals surface area contributed by atoms with Crippen LogP contribution in [0.1, 0.15) is 16.9 Å². The monoisotopic (exact) mass is 358 g/mol. The number of carbonyl (C=O) groups is 2. The van der Waals surface area contributed by atoms with Gasteiger partial charge in [-0.05, 0) is 36.8 Å². The quantitative estimate of drug-likeness (QED) is 0.809. The van der Waals surface area contributed by atoms with Gasteiger partial charge in [0.2, 0.25) is 0 Å². The Labute approximate surface area is 149 Å². The Morgan fingerprint density at radius 2 is 2.00 bits per heavy atom. The third kappa shape index (κ3) is 2.86. The van der Waals surface area contributed by atoms with Crippen molar-refractivity contribution in [2.45, 2.75) is 12.0 Å². The molecule has 1 atom stereocenters. The van der Waals surface area contributed by atoms with E-state index in [1.54, 1.807) is 45.9 Å². The van der Waals surface area contributed by atoms with Crippen molar-refractivity contribution in [3.63, 3.8) is 0 Å². The number of nitrogens with zero attached hydrogens (tertiary/aromatic N) is 4. The summed E-state index contributed by atoms with van der Waals surface area (Å²) in [6.45, 7) is 1.25. The Morgan fingerprint density at radius 1 is 1.23 bits per heavy atom. The molecule has 2 aromatic rings. The number of morpholine rings is 1. The van der Waals surface area contributed by atoms with Crippen LogP contribution in [0.4, 0.5) is 10.1 Å². The largest absolute Gasteiger partial charge is 0.361 e. The molecular weight excluding hydrogens is 339 g/mol. The van der Waals surface area contributed by atoms with Crippen LogP contribution in [0.2, 0.25) is 0 Å². The molecule has 0 bridgehead atoms. The zero-order chi connectivity index (χ0) is 18.3. The number of aryl methyl sites for hydroxylation is 1. The molecule has 7 nitrogen and oxygen atoms in total. The first-order chi connectivity index (χ1) is 12.5. The van der Waals surface area contributed by atoms with Gasteiger partial charge in [-0.2, -0.15) is 5.10 Å². The Balaban J connectivity index is 1.52. The molecule has 8 heteroatoms. The lowest BCUT2D eigenvalue weighted by Gasteiger charge is -2.40. The lowest BCUT2D eigenvalue weighted by atomic mass is 10.00. The van der Waals surface area contributed by atoms with Crippen molar-refractivity contribution in [1.29, 1.82) is 0 Å². The fourth-order valence-electron chi connectivity index (χ4n) is 3.58. The number of anilines is 1. The van der Waals surface area contributed by atoms with Crippen molar-refractivity contribution in [2.75, 3.05) is 31.1 Å². The minimum absolute atomic E-state index is 0.0505. The normalized spacial score (nSPS) is 23.1. The third-order valence-corrected chi connectivity index (χ3v) is 5.03. The molecule has 0 N–H and O–H groups in total. The van der Waals surface area contributed by atoms with Gasteiger partial charge in [-0.1, -0.05) is 0 Å². The zero-order valence-corrected chi connectivity index (χ0v) is 14.4. The number of aromatic nitrogens is 2. The summed E-state index contributed by atoms with van der Waals surface area (Å²) in [5, 5.41) is 4.04. The predicted molar refractivity (Wildman–Crippen MR) is 91.2 cm³/mol. The van der Waals surface area contributed by atoms with Crippen molar-refractivity contribution >= 4 is 17.5 Å². The standard InChI is InChI=1S/C18H19FN4O3/c1-21-15(6-8-20-21)17(25)22-9-7-18(11-22)12-23(16(24)10-26-18)14-4-2-13(19)3-5-14/h2-6,8H,7,9-12H2,1H3. The maximum atomic E-state index is 13.2. The number of amides is 2. The number of likely N-dealkylation sites (tertiary alicyclic amines) is 1. The summed E-state index contributed by atoms with van der Waals surface area (Å²) in [6.07, 6.45) is 2.23. The summed E-state index contributed by atoms with van der Waals surface area (Å²) in [6, 6.07) is 7.51. The van der Waals surface area contributed by atoms with E-state index in [2.05, 4.69) is 5.10 Å². The van der Waals surface area contributed by atoms with E-state index in [1.165, 1.54) is 12.1 Å². The van der Waals surface area contributed by atoms with E-state index in [-0.39, 0.29) is 24.2 Å². The molecule has 2 aliphatic heterocycles. The number of rotatable bonds is 2. The average Bonchev–Trinajstić information content (AvgIpc) is 3.24. The summed E-state index contributed by atoms with van der Waals surface area (Å²) in [4.78, 5) is 28.3. The minimum atomic E-state index is -0.601. The molecular formula is C18H19FN4O3. The highest BCUT2D eigenvalue weighted by molar-refractivity contribution is 5.95. The molecule has 2 fully saturated rings. The average molecular weight is 358 g/mol. The van der Waals surface area contributed by atoms with Gasteiger partial charge >= 0.3 is 0 Å². The van der Waals surface area contributed by atoms with E-state index in [9.17, 15) is 14.0 Å². The maximum absolute atomic E-state index is 13.2. The van der Waals surface area contributed by atoms with Gasteiger partial charge in [0.05, 0.1) is 13.1 Å². The molecule has 2 amide bonds. The van der Waals surface area contributed by atoms with Crippen LogP contribution < -0.4 is 4.90 Å². The summed E-state index contributed by atoms with van der Waals surface area (Å²) >= 11 is 0. The molecule has 1 aromatic carbocycles. The smallest absolute Gasteiger partial charge is 0.272 e.